The molecule has 1 unspecified atom stereocenters. The van der Waals surface area contributed by atoms with Crippen LogP contribution < -0.4 is 10.6 Å². The second kappa shape index (κ2) is 7.65. The molecule has 1 atom stereocenters. The van der Waals surface area contributed by atoms with E-state index in [0.717, 1.165) is 30.7 Å². The fourth-order valence-corrected chi connectivity index (χ4v) is 2.38. The molecule has 1 amide bonds. The molecule has 1 aliphatic rings. The van der Waals surface area contributed by atoms with Gasteiger partial charge in [0.25, 0.3) is 0 Å². The predicted octanol–water partition coefficient (Wildman–Crippen LogP) is 3.44. The van der Waals surface area contributed by atoms with Crippen molar-refractivity contribution in [2.75, 3.05) is 6.54 Å². The molecular weight excluding hydrogens is 272 g/mol. The van der Waals surface area contributed by atoms with E-state index in [-0.39, 0.29) is 5.91 Å². The minimum atomic E-state index is 0.159. The molecule has 1 fully saturated rings. The van der Waals surface area contributed by atoms with Gasteiger partial charge in [0.2, 0.25) is 5.91 Å². The molecule has 0 radical (unpaired) electrons. The molecule has 0 aromatic heterocycles. The zero-order chi connectivity index (χ0) is 14.4. The van der Waals surface area contributed by atoms with Crippen molar-refractivity contribution in [2.24, 2.45) is 0 Å². The maximum Gasteiger partial charge on any atom is 0.221 e. The van der Waals surface area contributed by atoms with Gasteiger partial charge in [-0.1, -0.05) is 37.1 Å². The van der Waals surface area contributed by atoms with E-state index in [1.54, 1.807) is 0 Å². The lowest BCUT2D eigenvalue weighted by Gasteiger charge is -2.18. The fourth-order valence-electron chi connectivity index (χ4n) is 2.26. The molecule has 1 aliphatic carbocycles. The summed E-state index contributed by atoms with van der Waals surface area (Å²) < 4.78 is 0. The first kappa shape index (κ1) is 15.3. The molecule has 1 aromatic rings. The molecule has 0 heterocycles. The Kier molecular flexibility index (Phi) is 5.86. The largest absolute Gasteiger partial charge is 0.353 e. The van der Waals surface area contributed by atoms with E-state index in [4.69, 9.17) is 11.6 Å². The van der Waals surface area contributed by atoms with Crippen molar-refractivity contribution >= 4 is 17.5 Å². The third-order valence-corrected chi connectivity index (χ3v) is 3.79. The van der Waals surface area contributed by atoms with Crippen LogP contribution >= 0.6 is 11.6 Å². The summed E-state index contributed by atoms with van der Waals surface area (Å²) in [5.41, 5.74) is 1.24. The number of halogens is 1. The third-order valence-electron chi connectivity index (χ3n) is 3.53. The molecule has 2 rings (SSSR count). The fraction of sp³-hybridized carbons (Fsp3) is 0.562. The van der Waals surface area contributed by atoms with Gasteiger partial charge in [0.1, 0.15) is 0 Å². The Morgan fingerprint density at radius 3 is 2.65 bits per heavy atom. The van der Waals surface area contributed by atoms with Crippen LogP contribution in [-0.2, 0) is 4.79 Å². The monoisotopic (exact) mass is 294 g/mol. The lowest BCUT2D eigenvalue weighted by atomic mass is 10.0. The highest BCUT2D eigenvalue weighted by Crippen LogP contribution is 2.21. The van der Waals surface area contributed by atoms with Crippen molar-refractivity contribution in [3.8, 4) is 0 Å². The van der Waals surface area contributed by atoms with Crippen LogP contribution in [0.4, 0.5) is 0 Å². The van der Waals surface area contributed by atoms with Crippen LogP contribution in [0.2, 0.25) is 5.02 Å². The summed E-state index contributed by atoms with van der Waals surface area (Å²) in [6, 6.07) is 8.69. The van der Waals surface area contributed by atoms with Crippen molar-refractivity contribution < 1.29 is 4.79 Å². The standard InChI is InChI=1S/C16H23ClN2O/c1-2-3-15(12-4-6-13(17)7-5-12)18-11-10-16(20)19-14-8-9-14/h4-7,14-15,18H,2-3,8-11H2,1H3,(H,19,20). The Balaban J connectivity index is 1.79. The number of hydrogen-bond acceptors (Lipinski definition) is 2. The zero-order valence-corrected chi connectivity index (χ0v) is 12.7. The number of amides is 1. The van der Waals surface area contributed by atoms with Gasteiger partial charge in [0.15, 0.2) is 0 Å². The second-order valence-electron chi connectivity index (χ2n) is 5.44. The van der Waals surface area contributed by atoms with Crippen molar-refractivity contribution in [3.05, 3.63) is 34.9 Å². The number of rotatable bonds is 8. The van der Waals surface area contributed by atoms with E-state index in [1.807, 2.05) is 12.1 Å². The molecule has 0 aliphatic heterocycles. The average Bonchev–Trinajstić information content (AvgIpc) is 3.23. The van der Waals surface area contributed by atoms with E-state index < -0.39 is 0 Å². The van der Waals surface area contributed by atoms with E-state index in [2.05, 4.69) is 29.7 Å². The van der Waals surface area contributed by atoms with Gasteiger partial charge in [-0.2, -0.15) is 0 Å². The molecule has 0 saturated heterocycles. The normalized spacial score (nSPS) is 15.9. The molecule has 1 aromatic carbocycles. The maximum atomic E-state index is 11.6. The molecule has 110 valence electrons. The minimum absolute atomic E-state index is 0.159. The van der Waals surface area contributed by atoms with Crippen LogP contribution in [0.15, 0.2) is 24.3 Å². The highest BCUT2D eigenvalue weighted by atomic mass is 35.5. The topological polar surface area (TPSA) is 41.1 Å². The summed E-state index contributed by atoms with van der Waals surface area (Å²) in [6.45, 7) is 2.89. The average molecular weight is 295 g/mol. The number of hydrogen-bond donors (Lipinski definition) is 2. The molecule has 4 heteroatoms. The summed E-state index contributed by atoms with van der Waals surface area (Å²) in [6.07, 6.45) is 5.00. The molecule has 1 saturated carbocycles. The lowest BCUT2D eigenvalue weighted by Crippen LogP contribution is -2.30. The smallest absolute Gasteiger partial charge is 0.221 e. The first-order valence-electron chi connectivity index (χ1n) is 7.47. The van der Waals surface area contributed by atoms with Crippen LogP contribution in [0.25, 0.3) is 0 Å². The highest BCUT2D eigenvalue weighted by Gasteiger charge is 2.22. The summed E-state index contributed by atoms with van der Waals surface area (Å²) in [7, 11) is 0. The molecule has 0 bridgehead atoms. The van der Waals surface area contributed by atoms with Crippen molar-refractivity contribution in [1.82, 2.24) is 10.6 Å². The summed E-state index contributed by atoms with van der Waals surface area (Å²) >= 11 is 5.92. The predicted molar refractivity (Wildman–Crippen MR) is 82.9 cm³/mol. The van der Waals surface area contributed by atoms with Crippen LogP contribution in [0.5, 0.6) is 0 Å². The molecule has 0 spiro atoms. The number of carbonyl (C=O) groups excluding carboxylic acids is 1. The summed E-state index contributed by atoms with van der Waals surface area (Å²) in [5, 5.41) is 7.24. The SMILES string of the molecule is CCCC(NCCC(=O)NC1CC1)c1ccc(Cl)cc1. The first-order valence-corrected chi connectivity index (χ1v) is 7.85. The number of nitrogens with one attached hydrogen (secondary N) is 2. The Labute approximate surface area is 126 Å². The van der Waals surface area contributed by atoms with E-state index in [1.165, 1.54) is 5.56 Å². The minimum Gasteiger partial charge on any atom is -0.353 e. The maximum absolute atomic E-state index is 11.6. The van der Waals surface area contributed by atoms with Gasteiger partial charge in [-0.3, -0.25) is 4.79 Å². The Morgan fingerprint density at radius 1 is 1.35 bits per heavy atom. The van der Waals surface area contributed by atoms with Crippen LogP contribution in [0.3, 0.4) is 0 Å². The summed E-state index contributed by atoms with van der Waals surface area (Å²) in [4.78, 5) is 11.6. The van der Waals surface area contributed by atoms with Crippen LogP contribution in [0.1, 0.15) is 50.6 Å². The van der Waals surface area contributed by atoms with Crippen molar-refractivity contribution in [3.63, 3.8) is 0 Å². The molecular formula is C16H23ClN2O. The van der Waals surface area contributed by atoms with Crippen LogP contribution in [0, 0.1) is 0 Å². The Bertz CT molecular complexity index is 429. The molecule has 2 N–H and O–H groups in total. The lowest BCUT2D eigenvalue weighted by molar-refractivity contribution is -0.121. The van der Waals surface area contributed by atoms with Gasteiger partial charge in [-0.25, -0.2) is 0 Å². The molecule has 20 heavy (non-hydrogen) atoms. The Hall–Kier alpha value is -1.06. The Morgan fingerprint density at radius 2 is 2.05 bits per heavy atom. The van der Waals surface area contributed by atoms with Crippen LogP contribution in [-0.4, -0.2) is 18.5 Å². The zero-order valence-electron chi connectivity index (χ0n) is 12.0. The summed E-state index contributed by atoms with van der Waals surface area (Å²) in [5.74, 6) is 0.159. The molecule has 3 nitrogen and oxygen atoms in total. The van der Waals surface area contributed by atoms with Gasteiger partial charge < -0.3 is 10.6 Å². The van der Waals surface area contributed by atoms with Crippen molar-refractivity contribution in [1.29, 1.82) is 0 Å². The van der Waals surface area contributed by atoms with E-state index in [0.29, 0.717) is 25.0 Å². The second-order valence-corrected chi connectivity index (χ2v) is 5.88. The van der Waals surface area contributed by atoms with Gasteiger partial charge in [-0.15, -0.1) is 0 Å². The van der Waals surface area contributed by atoms with Gasteiger partial charge in [0, 0.05) is 30.1 Å². The first-order chi connectivity index (χ1) is 9.69. The highest BCUT2D eigenvalue weighted by molar-refractivity contribution is 6.30. The number of carbonyl (C=O) groups is 1. The van der Waals surface area contributed by atoms with E-state index >= 15 is 0 Å². The van der Waals surface area contributed by atoms with Crippen molar-refractivity contribution in [2.45, 2.75) is 51.1 Å². The van der Waals surface area contributed by atoms with Gasteiger partial charge in [0.05, 0.1) is 0 Å². The van der Waals surface area contributed by atoms with Gasteiger partial charge >= 0.3 is 0 Å². The van der Waals surface area contributed by atoms with Gasteiger partial charge in [-0.05, 0) is 37.0 Å². The third kappa shape index (κ3) is 5.14. The van der Waals surface area contributed by atoms with E-state index in [9.17, 15) is 4.79 Å². The quantitative estimate of drug-likeness (QED) is 0.771. The number of benzene rings is 1.